The monoisotopic (exact) mass is 733 g/mol. The summed E-state index contributed by atoms with van der Waals surface area (Å²) >= 11 is 13.2. The minimum absolute atomic E-state index is 0.00364. The Morgan fingerprint density at radius 2 is 1.69 bits per heavy atom. The number of aliphatic hydroxyl groups excluding tert-OH is 1. The van der Waals surface area contributed by atoms with E-state index in [0.29, 0.717) is 38.5 Å². The van der Waals surface area contributed by atoms with E-state index in [1.54, 1.807) is 0 Å². The van der Waals surface area contributed by atoms with Crippen molar-refractivity contribution in [3.05, 3.63) is 0 Å². The molecule has 2 heterocycles. The summed E-state index contributed by atoms with van der Waals surface area (Å²) in [7, 11) is -3.36. The smallest absolute Gasteiger partial charge is 0.315 e. The molecular weight excluding hydrogens is 681 g/mol. The number of piperidine rings is 1. The molecule has 0 aromatic rings. The average molecular weight is 735 g/mol. The van der Waals surface area contributed by atoms with Gasteiger partial charge in [-0.05, 0) is 50.4 Å². The SMILES string of the molecule is CCCCC(NC(O)C1C2C(CN1C(=O)C(NC(=O)NC1(C3CCCS3(=O)=O)CCCCC1)C(C)(C)C)C2(Cl)Cl)C(=O)C(=O)NC1CC1. The van der Waals surface area contributed by atoms with Crippen molar-refractivity contribution in [1.82, 2.24) is 26.2 Å². The van der Waals surface area contributed by atoms with Crippen LogP contribution in [0.1, 0.15) is 105 Å². The molecule has 5 fully saturated rings. The van der Waals surface area contributed by atoms with Crippen LogP contribution in [-0.2, 0) is 24.2 Å². The van der Waals surface area contributed by atoms with E-state index in [2.05, 4.69) is 21.3 Å². The van der Waals surface area contributed by atoms with Crippen LogP contribution >= 0.6 is 23.2 Å². The highest BCUT2D eigenvalue weighted by molar-refractivity contribution is 7.92. The zero-order valence-corrected chi connectivity index (χ0v) is 30.9. The van der Waals surface area contributed by atoms with Crippen molar-refractivity contribution in [2.45, 2.75) is 150 Å². The molecule has 272 valence electrons. The Labute approximate surface area is 294 Å². The number of rotatable bonds is 13. The molecule has 0 aromatic heterocycles. The van der Waals surface area contributed by atoms with Gasteiger partial charge in [0.1, 0.15) is 16.6 Å². The molecular formula is C33H53Cl2N5O7S. The summed E-state index contributed by atoms with van der Waals surface area (Å²) in [5.41, 5.74) is -1.67. The first-order chi connectivity index (χ1) is 22.4. The Morgan fingerprint density at radius 3 is 2.25 bits per heavy atom. The van der Waals surface area contributed by atoms with Crippen LogP contribution in [0.2, 0.25) is 0 Å². The first kappa shape index (κ1) is 37.6. The first-order valence-corrected chi connectivity index (χ1v) is 20.2. The van der Waals surface area contributed by atoms with Crippen LogP contribution in [0.25, 0.3) is 0 Å². The molecule has 0 spiro atoms. The summed E-state index contributed by atoms with van der Waals surface area (Å²) in [5.74, 6) is -2.54. The molecule has 5 rings (SSSR count). The lowest BCUT2D eigenvalue weighted by atomic mass is 9.78. The van der Waals surface area contributed by atoms with E-state index in [9.17, 15) is 32.7 Å². The second-order valence-electron chi connectivity index (χ2n) is 15.8. The molecule has 4 amide bonds. The molecule has 3 aliphatic carbocycles. The number of carbonyl (C=O) groups is 4. The van der Waals surface area contributed by atoms with E-state index in [-0.39, 0.29) is 24.3 Å². The second-order valence-corrected chi connectivity index (χ2v) is 19.6. The largest absolute Gasteiger partial charge is 0.376 e. The summed E-state index contributed by atoms with van der Waals surface area (Å²) in [5, 5.41) is 22.5. The summed E-state index contributed by atoms with van der Waals surface area (Å²) in [6.45, 7) is 7.55. The number of alkyl halides is 2. The Hall–Kier alpha value is -1.67. The van der Waals surface area contributed by atoms with Gasteiger partial charge in [0.05, 0.1) is 28.6 Å². The average Bonchev–Trinajstić information content (AvgIpc) is 3.79. The Balaban J connectivity index is 1.34. The molecule has 12 nitrogen and oxygen atoms in total. The molecule has 5 aliphatic rings. The van der Waals surface area contributed by atoms with Crippen molar-refractivity contribution >= 4 is 56.7 Å². The van der Waals surface area contributed by atoms with E-state index < -0.39 is 84.3 Å². The maximum atomic E-state index is 14.4. The Morgan fingerprint density at radius 1 is 1.02 bits per heavy atom. The zero-order chi connectivity index (χ0) is 35.2. The number of urea groups is 1. The van der Waals surface area contributed by atoms with Gasteiger partial charge in [-0.15, -0.1) is 23.2 Å². The normalized spacial score (nSPS) is 30.4. The quantitative estimate of drug-likeness (QED) is 0.109. The number of amides is 4. The van der Waals surface area contributed by atoms with Crippen LogP contribution in [0, 0.1) is 17.3 Å². The van der Waals surface area contributed by atoms with Crippen LogP contribution in [-0.4, -0.2) is 99.9 Å². The Kier molecular flexibility index (Phi) is 11.1. The molecule has 7 atom stereocenters. The summed E-state index contributed by atoms with van der Waals surface area (Å²) in [6.07, 6.45) is 6.68. The third-order valence-electron chi connectivity index (χ3n) is 11.1. The molecule has 0 bridgehead atoms. The number of ketones is 1. The van der Waals surface area contributed by atoms with Crippen LogP contribution in [0.15, 0.2) is 0 Å². The van der Waals surface area contributed by atoms with E-state index >= 15 is 0 Å². The van der Waals surface area contributed by atoms with Gasteiger partial charge in [-0.3, -0.25) is 19.7 Å². The maximum absolute atomic E-state index is 14.4. The van der Waals surface area contributed by atoms with Gasteiger partial charge in [-0.2, -0.15) is 0 Å². The summed E-state index contributed by atoms with van der Waals surface area (Å²) in [6, 6.07) is -3.57. The number of unbranched alkanes of at least 4 members (excludes halogenated alkanes) is 1. The number of nitrogens with one attached hydrogen (secondary N) is 4. The highest BCUT2D eigenvalue weighted by Gasteiger charge is 2.73. The standard InChI is InChI=1S/C33H53Cl2N5O7S/c1-5-6-11-21(25(41)28(43)36-19-13-14-19)37-27(42)24-23-20(33(23,34)35)18-40(24)29(44)26(31(2,3)4)38-30(45)39-32(15-8-7-9-16-32)22-12-10-17-48(22,46)47/h19-24,26-27,37,42H,5-18H2,1-4H3,(H,36,43)(H2,38,39,45). The van der Waals surface area contributed by atoms with Gasteiger partial charge < -0.3 is 26.0 Å². The van der Waals surface area contributed by atoms with E-state index in [1.165, 1.54) is 4.90 Å². The van der Waals surface area contributed by atoms with Gasteiger partial charge in [-0.25, -0.2) is 13.2 Å². The van der Waals surface area contributed by atoms with Gasteiger partial charge in [0.2, 0.25) is 11.7 Å². The number of sulfone groups is 1. The third kappa shape index (κ3) is 7.80. The van der Waals surface area contributed by atoms with Crippen LogP contribution in [0.5, 0.6) is 0 Å². The second kappa shape index (κ2) is 14.2. The van der Waals surface area contributed by atoms with Gasteiger partial charge in [0.15, 0.2) is 9.84 Å². The molecule has 3 saturated carbocycles. The first-order valence-electron chi connectivity index (χ1n) is 17.7. The number of likely N-dealkylation sites (tertiary alicyclic amines) is 1. The fourth-order valence-electron chi connectivity index (χ4n) is 8.22. The number of hydrogen-bond acceptors (Lipinski definition) is 8. The van der Waals surface area contributed by atoms with Crippen LogP contribution in [0.4, 0.5) is 4.79 Å². The summed E-state index contributed by atoms with van der Waals surface area (Å²) in [4.78, 5) is 55.5. The third-order valence-corrected chi connectivity index (χ3v) is 14.6. The lowest BCUT2D eigenvalue weighted by Gasteiger charge is -2.43. The number of aliphatic hydroxyl groups is 1. The number of hydrogen-bond donors (Lipinski definition) is 5. The van der Waals surface area contributed by atoms with Crippen molar-refractivity contribution in [3.63, 3.8) is 0 Å². The van der Waals surface area contributed by atoms with E-state index in [0.717, 1.165) is 38.5 Å². The number of carbonyl (C=O) groups excluding carboxylic acids is 4. The summed E-state index contributed by atoms with van der Waals surface area (Å²) < 4.78 is 24.9. The van der Waals surface area contributed by atoms with Crippen molar-refractivity contribution in [2.75, 3.05) is 12.3 Å². The fraction of sp³-hybridized carbons (Fsp3) is 0.879. The van der Waals surface area contributed by atoms with E-state index in [1.807, 2.05) is 27.7 Å². The molecule has 0 aromatic carbocycles. The van der Waals surface area contributed by atoms with Gasteiger partial charge in [-0.1, -0.05) is 59.8 Å². The van der Waals surface area contributed by atoms with Crippen molar-refractivity contribution in [1.29, 1.82) is 0 Å². The fourth-order valence-corrected chi connectivity index (χ4v) is 11.4. The van der Waals surface area contributed by atoms with E-state index in [4.69, 9.17) is 23.2 Å². The molecule has 15 heteroatoms. The van der Waals surface area contributed by atoms with Gasteiger partial charge in [0, 0.05) is 24.4 Å². The Bertz CT molecular complexity index is 1360. The van der Waals surface area contributed by atoms with Crippen LogP contribution in [0.3, 0.4) is 0 Å². The molecule has 0 radical (unpaired) electrons. The maximum Gasteiger partial charge on any atom is 0.315 e. The molecule has 7 unspecified atom stereocenters. The minimum Gasteiger partial charge on any atom is -0.376 e. The molecule has 48 heavy (non-hydrogen) atoms. The topological polar surface area (TPSA) is 174 Å². The highest BCUT2D eigenvalue weighted by Crippen LogP contribution is 2.65. The predicted octanol–water partition coefficient (Wildman–Crippen LogP) is 2.93. The number of fused-ring (bicyclic) bond motifs is 1. The number of nitrogens with zero attached hydrogens (tertiary/aromatic N) is 1. The number of Topliss-reactive ketones (excluding diaryl/α,β-unsaturated/α-hetero) is 1. The van der Waals surface area contributed by atoms with Gasteiger partial charge in [0.25, 0.3) is 5.91 Å². The van der Waals surface area contributed by atoms with Gasteiger partial charge >= 0.3 is 6.03 Å². The van der Waals surface area contributed by atoms with Crippen molar-refractivity contribution in [2.24, 2.45) is 17.3 Å². The lowest BCUT2D eigenvalue weighted by molar-refractivity contribution is -0.142. The highest BCUT2D eigenvalue weighted by atomic mass is 35.5. The molecule has 5 N–H and O–H groups in total. The molecule has 2 aliphatic heterocycles. The molecule has 2 saturated heterocycles. The number of halogens is 2. The van der Waals surface area contributed by atoms with Crippen LogP contribution < -0.4 is 21.3 Å². The van der Waals surface area contributed by atoms with Crippen molar-refractivity contribution in [3.8, 4) is 0 Å². The van der Waals surface area contributed by atoms with Crippen molar-refractivity contribution < 1.29 is 32.7 Å². The lowest BCUT2D eigenvalue weighted by Crippen LogP contribution is -2.65. The zero-order valence-electron chi connectivity index (χ0n) is 28.5. The minimum atomic E-state index is -3.36. The predicted molar refractivity (Wildman–Crippen MR) is 183 cm³/mol.